The number of hydrogen-bond acceptors (Lipinski definition) is 4. The minimum absolute atomic E-state index is 0.150. The monoisotopic (exact) mass is 335 g/mol. The van der Waals surface area contributed by atoms with Gasteiger partial charge in [0.15, 0.2) is 0 Å². The zero-order valence-electron chi connectivity index (χ0n) is 14.4. The molecule has 3 rings (SSSR count). The topological polar surface area (TPSA) is 53.9 Å². The van der Waals surface area contributed by atoms with Gasteiger partial charge in [-0.15, -0.1) is 0 Å². The maximum absolute atomic E-state index is 12.7. The third kappa shape index (κ3) is 3.71. The lowest BCUT2D eigenvalue weighted by atomic mass is 10.2. The number of hydrazone groups is 1. The maximum Gasteiger partial charge on any atom is 0.282 e. The van der Waals surface area contributed by atoms with Gasteiger partial charge in [0, 0.05) is 6.20 Å². The summed E-state index contributed by atoms with van der Waals surface area (Å²) in [5.74, 6) is 0.615. The quantitative estimate of drug-likeness (QED) is 0.805. The van der Waals surface area contributed by atoms with Crippen molar-refractivity contribution in [3.8, 4) is 5.75 Å². The highest BCUT2D eigenvalue weighted by Gasteiger charge is 2.28. The van der Waals surface area contributed by atoms with Crippen LogP contribution in [0.25, 0.3) is 0 Å². The lowest BCUT2D eigenvalue weighted by Crippen LogP contribution is -2.21. The lowest BCUT2D eigenvalue weighted by molar-refractivity contribution is -0.114. The molecule has 1 amide bonds. The van der Waals surface area contributed by atoms with Crippen molar-refractivity contribution in [3.05, 3.63) is 66.4 Å². The average molecular weight is 335 g/mol. The van der Waals surface area contributed by atoms with E-state index in [9.17, 15) is 4.79 Å². The molecular formula is C20H21N3O2. The third-order valence-corrected chi connectivity index (χ3v) is 3.78. The highest BCUT2D eigenvalue weighted by molar-refractivity contribution is 6.29. The molecule has 0 spiro atoms. The largest absolute Gasteiger partial charge is 0.491 e. The first-order chi connectivity index (χ1) is 12.2. The zero-order chi connectivity index (χ0) is 17.6. The second kappa shape index (κ2) is 7.66. The Hall–Kier alpha value is -3.08. The van der Waals surface area contributed by atoms with E-state index in [0.29, 0.717) is 17.9 Å². The summed E-state index contributed by atoms with van der Waals surface area (Å²) in [7, 11) is 0. The van der Waals surface area contributed by atoms with E-state index in [1.54, 1.807) is 6.20 Å². The van der Waals surface area contributed by atoms with Crippen molar-refractivity contribution in [2.24, 2.45) is 5.10 Å². The highest BCUT2D eigenvalue weighted by Crippen LogP contribution is 2.26. The third-order valence-electron chi connectivity index (χ3n) is 3.78. The molecule has 1 aliphatic heterocycles. The first kappa shape index (κ1) is 16.8. The Morgan fingerprint density at radius 1 is 1.12 bits per heavy atom. The zero-order valence-corrected chi connectivity index (χ0v) is 14.4. The summed E-state index contributed by atoms with van der Waals surface area (Å²) in [4.78, 5) is 12.7. The number of rotatable bonds is 6. The van der Waals surface area contributed by atoms with Crippen LogP contribution in [0.2, 0.25) is 0 Å². The van der Waals surface area contributed by atoms with E-state index in [1.165, 1.54) is 5.01 Å². The number of ether oxygens (including phenoxy) is 1. The molecule has 1 N–H and O–H groups in total. The summed E-state index contributed by atoms with van der Waals surface area (Å²) in [6.45, 7) is 4.54. The fraction of sp³-hybridized carbons (Fsp3) is 0.200. The van der Waals surface area contributed by atoms with Crippen LogP contribution in [-0.2, 0) is 4.79 Å². The summed E-state index contributed by atoms with van der Waals surface area (Å²) in [5, 5.41) is 8.97. The molecule has 0 saturated heterocycles. The predicted molar refractivity (Wildman–Crippen MR) is 101 cm³/mol. The van der Waals surface area contributed by atoms with E-state index in [-0.39, 0.29) is 5.91 Å². The number of amides is 1. The molecule has 1 aliphatic rings. The van der Waals surface area contributed by atoms with Crippen molar-refractivity contribution in [2.45, 2.75) is 20.3 Å². The van der Waals surface area contributed by atoms with Crippen LogP contribution >= 0.6 is 0 Å². The Morgan fingerprint density at radius 3 is 2.60 bits per heavy atom. The summed E-state index contributed by atoms with van der Waals surface area (Å²) in [6, 6.07) is 17.1. The van der Waals surface area contributed by atoms with Crippen molar-refractivity contribution in [1.82, 2.24) is 0 Å². The second-order valence-corrected chi connectivity index (χ2v) is 5.68. The Kier molecular flexibility index (Phi) is 5.14. The van der Waals surface area contributed by atoms with Crippen LogP contribution in [0.4, 0.5) is 11.4 Å². The van der Waals surface area contributed by atoms with Crippen molar-refractivity contribution >= 4 is 23.0 Å². The maximum atomic E-state index is 12.7. The Bertz CT molecular complexity index is 813. The molecule has 1 heterocycles. The molecule has 0 aromatic heterocycles. The predicted octanol–water partition coefficient (Wildman–Crippen LogP) is 4.19. The molecule has 0 aliphatic carbocycles. The second-order valence-electron chi connectivity index (χ2n) is 5.68. The van der Waals surface area contributed by atoms with Crippen molar-refractivity contribution in [1.29, 1.82) is 0 Å². The van der Waals surface area contributed by atoms with Gasteiger partial charge in [-0.25, -0.2) is 0 Å². The van der Waals surface area contributed by atoms with Gasteiger partial charge in [0.1, 0.15) is 5.75 Å². The fourth-order valence-corrected chi connectivity index (χ4v) is 2.50. The first-order valence-electron chi connectivity index (χ1n) is 8.34. The number of carbonyl (C=O) groups is 1. The SMILES string of the molecule is CCCOc1ccccc1N/C=C1\C(=O)N(c2ccccc2)N=C1C. The van der Waals surface area contributed by atoms with E-state index in [4.69, 9.17) is 4.74 Å². The smallest absolute Gasteiger partial charge is 0.282 e. The van der Waals surface area contributed by atoms with Gasteiger partial charge in [0.2, 0.25) is 0 Å². The molecule has 25 heavy (non-hydrogen) atoms. The van der Waals surface area contributed by atoms with Gasteiger partial charge in [0.05, 0.1) is 29.3 Å². The average Bonchev–Trinajstić information content (AvgIpc) is 2.93. The molecule has 128 valence electrons. The van der Waals surface area contributed by atoms with Crippen LogP contribution in [0.5, 0.6) is 5.75 Å². The minimum atomic E-state index is -0.150. The van der Waals surface area contributed by atoms with E-state index in [2.05, 4.69) is 17.3 Å². The Balaban J connectivity index is 1.79. The fourth-order valence-electron chi connectivity index (χ4n) is 2.50. The number of nitrogens with one attached hydrogen (secondary N) is 1. The number of nitrogens with zero attached hydrogens (tertiary/aromatic N) is 2. The summed E-state index contributed by atoms with van der Waals surface area (Å²) < 4.78 is 5.73. The Morgan fingerprint density at radius 2 is 1.84 bits per heavy atom. The van der Waals surface area contributed by atoms with Gasteiger partial charge in [-0.05, 0) is 37.6 Å². The van der Waals surface area contributed by atoms with Gasteiger partial charge >= 0.3 is 0 Å². The van der Waals surface area contributed by atoms with Crippen molar-refractivity contribution in [2.75, 3.05) is 16.9 Å². The van der Waals surface area contributed by atoms with Gasteiger partial charge in [0.25, 0.3) is 5.91 Å². The molecule has 2 aromatic carbocycles. The van der Waals surface area contributed by atoms with Crippen LogP contribution in [0, 0.1) is 0 Å². The summed E-state index contributed by atoms with van der Waals surface area (Å²) in [6.07, 6.45) is 2.63. The van der Waals surface area contributed by atoms with Crippen LogP contribution in [0.3, 0.4) is 0 Å². The molecule has 0 bridgehead atoms. The van der Waals surface area contributed by atoms with E-state index in [0.717, 1.165) is 23.5 Å². The van der Waals surface area contributed by atoms with Crippen LogP contribution < -0.4 is 15.1 Å². The van der Waals surface area contributed by atoms with Crippen LogP contribution in [-0.4, -0.2) is 18.2 Å². The molecule has 0 unspecified atom stereocenters. The van der Waals surface area contributed by atoms with E-state index < -0.39 is 0 Å². The number of anilines is 2. The number of hydrogen-bond donors (Lipinski definition) is 1. The molecule has 5 nitrogen and oxygen atoms in total. The van der Waals surface area contributed by atoms with E-state index in [1.807, 2.05) is 61.5 Å². The Labute approximate surface area is 147 Å². The lowest BCUT2D eigenvalue weighted by Gasteiger charge is -2.12. The van der Waals surface area contributed by atoms with Gasteiger partial charge in [-0.2, -0.15) is 10.1 Å². The minimum Gasteiger partial charge on any atom is -0.491 e. The van der Waals surface area contributed by atoms with Crippen molar-refractivity contribution < 1.29 is 9.53 Å². The van der Waals surface area contributed by atoms with Crippen LogP contribution in [0.15, 0.2) is 71.5 Å². The highest BCUT2D eigenvalue weighted by atomic mass is 16.5. The molecule has 0 radical (unpaired) electrons. The number of carbonyl (C=O) groups excluding carboxylic acids is 1. The first-order valence-corrected chi connectivity index (χ1v) is 8.34. The van der Waals surface area contributed by atoms with Gasteiger partial charge < -0.3 is 10.1 Å². The standard InChI is InChI=1S/C20H21N3O2/c1-3-13-25-19-12-8-7-11-18(19)21-14-17-15(2)22-23(20(17)24)16-9-5-4-6-10-16/h4-12,14,21H,3,13H2,1-2H3/b17-14-. The summed E-state index contributed by atoms with van der Waals surface area (Å²) >= 11 is 0. The molecule has 0 fully saturated rings. The molecule has 2 aromatic rings. The molecular weight excluding hydrogens is 314 g/mol. The van der Waals surface area contributed by atoms with Crippen LogP contribution in [0.1, 0.15) is 20.3 Å². The van der Waals surface area contributed by atoms with Crippen molar-refractivity contribution in [3.63, 3.8) is 0 Å². The molecule has 5 heteroatoms. The van der Waals surface area contributed by atoms with E-state index >= 15 is 0 Å². The number of para-hydroxylation sites is 3. The molecule has 0 saturated carbocycles. The normalized spacial score (nSPS) is 15.4. The van der Waals surface area contributed by atoms with Gasteiger partial charge in [-0.3, -0.25) is 4.79 Å². The molecule has 0 atom stereocenters. The number of benzene rings is 2. The summed E-state index contributed by atoms with van der Waals surface area (Å²) in [5.41, 5.74) is 2.78. The van der Waals surface area contributed by atoms with Gasteiger partial charge in [-0.1, -0.05) is 37.3 Å².